The highest BCUT2D eigenvalue weighted by molar-refractivity contribution is 6.15. The second-order valence-electron chi connectivity index (χ2n) is 8.60. The third-order valence-electron chi connectivity index (χ3n) is 6.02. The number of nitro benzene ring substituents is 2. The van der Waals surface area contributed by atoms with Crippen LogP contribution >= 0.6 is 0 Å². The molecule has 1 amide bonds. The van der Waals surface area contributed by atoms with Crippen molar-refractivity contribution in [1.82, 2.24) is 4.90 Å². The molecular formula is C28H23N3O6. The zero-order valence-electron chi connectivity index (χ0n) is 19.8. The van der Waals surface area contributed by atoms with Gasteiger partial charge in [-0.1, -0.05) is 30.3 Å². The lowest BCUT2D eigenvalue weighted by Gasteiger charge is -2.30. The van der Waals surface area contributed by atoms with E-state index in [1.54, 1.807) is 41.3 Å². The summed E-state index contributed by atoms with van der Waals surface area (Å²) in [6.07, 6.45) is 4.10. The van der Waals surface area contributed by atoms with Crippen LogP contribution < -0.4 is 0 Å². The van der Waals surface area contributed by atoms with Crippen molar-refractivity contribution >= 4 is 35.2 Å². The van der Waals surface area contributed by atoms with Crippen LogP contribution in [-0.2, 0) is 16.0 Å². The first-order valence-corrected chi connectivity index (χ1v) is 11.6. The minimum Gasteiger partial charge on any atom is -0.334 e. The molecule has 1 aliphatic heterocycles. The van der Waals surface area contributed by atoms with Crippen LogP contribution in [0.25, 0.3) is 12.2 Å². The minimum atomic E-state index is -0.499. The third kappa shape index (κ3) is 6.40. The fourth-order valence-corrected chi connectivity index (χ4v) is 4.06. The van der Waals surface area contributed by atoms with Gasteiger partial charge in [-0.15, -0.1) is 0 Å². The Labute approximate surface area is 212 Å². The van der Waals surface area contributed by atoms with Gasteiger partial charge in [0.05, 0.1) is 9.85 Å². The van der Waals surface area contributed by atoms with Gasteiger partial charge in [-0.05, 0) is 59.5 Å². The van der Waals surface area contributed by atoms with E-state index in [1.807, 2.05) is 30.3 Å². The van der Waals surface area contributed by atoms with E-state index in [0.717, 1.165) is 5.56 Å². The number of hydrogen-bond acceptors (Lipinski definition) is 6. The van der Waals surface area contributed by atoms with Crippen LogP contribution in [0.3, 0.4) is 0 Å². The highest BCUT2D eigenvalue weighted by atomic mass is 16.6. The number of likely N-dealkylation sites (tertiary alicyclic amines) is 1. The molecular weight excluding hydrogens is 474 g/mol. The number of carbonyl (C=O) groups is 2. The zero-order valence-corrected chi connectivity index (χ0v) is 19.8. The van der Waals surface area contributed by atoms with Gasteiger partial charge in [0.2, 0.25) is 5.91 Å². The molecule has 1 aliphatic rings. The van der Waals surface area contributed by atoms with Crippen molar-refractivity contribution in [2.45, 2.75) is 12.8 Å². The van der Waals surface area contributed by atoms with E-state index in [2.05, 4.69) is 0 Å². The van der Waals surface area contributed by atoms with Gasteiger partial charge in [-0.3, -0.25) is 29.8 Å². The average Bonchev–Trinajstić information content (AvgIpc) is 2.90. The smallest absolute Gasteiger partial charge is 0.269 e. The van der Waals surface area contributed by atoms with Gasteiger partial charge in [-0.25, -0.2) is 0 Å². The van der Waals surface area contributed by atoms with Crippen LogP contribution in [0.2, 0.25) is 0 Å². The Morgan fingerprint density at radius 2 is 1.22 bits per heavy atom. The first-order valence-electron chi connectivity index (χ1n) is 11.6. The summed E-state index contributed by atoms with van der Waals surface area (Å²) < 4.78 is 0. The average molecular weight is 498 g/mol. The molecule has 0 N–H and O–H groups in total. The second-order valence-corrected chi connectivity index (χ2v) is 8.60. The van der Waals surface area contributed by atoms with Gasteiger partial charge in [0.1, 0.15) is 0 Å². The summed E-state index contributed by atoms with van der Waals surface area (Å²) in [6.45, 7) is 0.224. The molecule has 0 aromatic heterocycles. The molecule has 0 spiro atoms. The van der Waals surface area contributed by atoms with Crippen LogP contribution in [-0.4, -0.2) is 39.5 Å². The fourth-order valence-electron chi connectivity index (χ4n) is 4.06. The van der Waals surface area contributed by atoms with Gasteiger partial charge in [0, 0.05) is 54.9 Å². The molecule has 0 aliphatic carbocycles. The van der Waals surface area contributed by atoms with E-state index in [9.17, 15) is 29.8 Å². The molecule has 37 heavy (non-hydrogen) atoms. The summed E-state index contributed by atoms with van der Waals surface area (Å²) in [6, 6.07) is 21.3. The van der Waals surface area contributed by atoms with Crippen LogP contribution in [0.15, 0.2) is 90.0 Å². The van der Waals surface area contributed by atoms with Gasteiger partial charge in [0.25, 0.3) is 11.4 Å². The number of ketones is 1. The Kier molecular flexibility index (Phi) is 7.63. The Hall–Kier alpha value is -4.92. The number of hydrogen-bond donors (Lipinski definition) is 0. The molecule has 1 fully saturated rings. The summed E-state index contributed by atoms with van der Waals surface area (Å²) in [7, 11) is 0. The Morgan fingerprint density at radius 1 is 0.757 bits per heavy atom. The van der Waals surface area contributed by atoms with Crippen LogP contribution in [0, 0.1) is 20.2 Å². The van der Waals surface area contributed by atoms with Crippen molar-refractivity contribution in [3.05, 3.63) is 127 Å². The number of piperidine rings is 1. The third-order valence-corrected chi connectivity index (χ3v) is 6.02. The monoisotopic (exact) mass is 497 g/mol. The Morgan fingerprint density at radius 3 is 1.65 bits per heavy atom. The SMILES string of the molecule is O=C1/C(=C/c2ccc([N+](=O)[O-])cc2)CN(C(=O)CCc2ccccc2)C/C1=C\c1ccc([N+](=O)[O-])cc1. The normalized spacial score (nSPS) is 15.7. The number of Topliss-reactive ketones (excluding diaryl/α,β-unsaturated/α-hetero) is 1. The largest absolute Gasteiger partial charge is 0.334 e. The maximum absolute atomic E-state index is 13.3. The summed E-state index contributed by atoms with van der Waals surface area (Å²) in [4.78, 5) is 49.0. The van der Waals surface area contributed by atoms with Gasteiger partial charge in [0.15, 0.2) is 5.78 Å². The first-order chi connectivity index (χ1) is 17.8. The number of amides is 1. The van der Waals surface area contributed by atoms with E-state index in [0.29, 0.717) is 28.7 Å². The van der Waals surface area contributed by atoms with Crippen LogP contribution in [0.1, 0.15) is 23.1 Å². The molecule has 9 nitrogen and oxygen atoms in total. The van der Waals surface area contributed by atoms with E-state index < -0.39 is 9.85 Å². The zero-order chi connectivity index (χ0) is 26.4. The molecule has 1 heterocycles. The molecule has 3 aromatic carbocycles. The predicted octanol–water partition coefficient (Wildman–Crippen LogP) is 5.01. The van der Waals surface area contributed by atoms with Crippen molar-refractivity contribution in [2.24, 2.45) is 0 Å². The molecule has 9 heteroatoms. The fraction of sp³-hybridized carbons (Fsp3) is 0.143. The molecule has 1 saturated heterocycles. The standard InChI is InChI=1S/C28H23N3O6/c32-27(15-10-20-4-2-1-3-5-20)29-18-23(16-21-6-11-25(12-7-21)30(34)35)28(33)24(19-29)17-22-8-13-26(14-9-22)31(36)37/h1-9,11-14,16-17H,10,15,18-19H2/b23-16+,24-17+. The highest BCUT2D eigenvalue weighted by Gasteiger charge is 2.29. The predicted molar refractivity (Wildman–Crippen MR) is 138 cm³/mol. The number of carbonyl (C=O) groups excluding carboxylic acids is 2. The molecule has 0 atom stereocenters. The molecule has 0 bridgehead atoms. The lowest BCUT2D eigenvalue weighted by molar-refractivity contribution is -0.385. The topological polar surface area (TPSA) is 124 Å². The first kappa shape index (κ1) is 25.2. The number of aryl methyl sites for hydroxylation is 1. The maximum atomic E-state index is 13.3. The van der Waals surface area contributed by atoms with Gasteiger partial charge < -0.3 is 4.90 Å². The van der Waals surface area contributed by atoms with Crippen molar-refractivity contribution in [3.63, 3.8) is 0 Å². The van der Waals surface area contributed by atoms with E-state index in [1.165, 1.54) is 24.3 Å². The van der Waals surface area contributed by atoms with Crippen LogP contribution in [0.5, 0.6) is 0 Å². The molecule has 4 rings (SSSR count). The Bertz CT molecular complexity index is 1310. The molecule has 0 saturated carbocycles. The van der Waals surface area contributed by atoms with Gasteiger partial charge in [-0.2, -0.15) is 0 Å². The summed E-state index contributed by atoms with van der Waals surface area (Å²) in [5, 5.41) is 21.9. The van der Waals surface area contributed by atoms with Crippen molar-refractivity contribution in [1.29, 1.82) is 0 Å². The van der Waals surface area contributed by atoms with E-state index in [-0.39, 0.29) is 42.6 Å². The summed E-state index contributed by atoms with van der Waals surface area (Å²) >= 11 is 0. The number of nitro groups is 2. The quantitative estimate of drug-likeness (QED) is 0.257. The minimum absolute atomic E-state index is 0.0615. The van der Waals surface area contributed by atoms with Crippen molar-refractivity contribution in [3.8, 4) is 0 Å². The lowest BCUT2D eigenvalue weighted by Crippen LogP contribution is -2.41. The summed E-state index contributed by atoms with van der Waals surface area (Å²) in [5.41, 5.74) is 2.86. The van der Waals surface area contributed by atoms with Crippen LogP contribution in [0.4, 0.5) is 11.4 Å². The highest BCUT2D eigenvalue weighted by Crippen LogP contribution is 2.24. The number of benzene rings is 3. The van der Waals surface area contributed by atoms with Crippen molar-refractivity contribution in [2.75, 3.05) is 13.1 Å². The maximum Gasteiger partial charge on any atom is 0.269 e. The molecule has 0 unspecified atom stereocenters. The number of nitrogens with zero attached hydrogens (tertiary/aromatic N) is 3. The molecule has 0 radical (unpaired) electrons. The lowest BCUT2D eigenvalue weighted by atomic mass is 9.93. The van der Waals surface area contributed by atoms with E-state index in [4.69, 9.17) is 0 Å². The second kappa shape index (κ2) is 11.2. The van der Waals surface area contributed by atoms with E-state index >= 15 is 0 Å². The molecule has 3 aromatic rings. The number of rotatable bonds is 7. The molecule has 186 valence electrons. The van der Waals surface area contributed by atoms with Crippen molar-refractivity contribution < 1.29 is 19.4 Å². The Balaban J connectivity index is 1.62. The number of non-ortho nitro benzene ring substituents is 2. The van der Waals surface area contributed by atoms with Gasteiger partial charge >= 0.3 is 0 Å². The summed E-state index contributed by atoms with van der Waals surface area (Å²) in [5.74, 6) is -0.357.